The Labute approximate surface area is 144 Å². The molecule has 0 bridgehead atoms. The van der Waals surface area contributed by atoms with E-state index in [1.807, 2.05) is 12.1 Å². The first-order valence-electron chi connectivity index (χ1n) is 8.74. The van der Waals surface area contributed by atoms with Gasteiger partial charge in [0.1, 0.15) is 11.5 Å². The zero-order valence-corrected chi connectivity index (χ0v) is 15.1. The summed E-state index contributed by atoms with van der Waals surface area (Å²) in [6.45, 7) is 6.48. The molecule has 0 N–H and O–H groups in total. The number of benzene rings is 2. The van der Waals surface area contributed by atoms with Crippen LogP contribution in [0.4, 0.5) is 0 Å². The van der Waals surface area contributed by atoms with Crippen LogP contribution in [-0.2, 0) is 11.2 Å². The zero-order valence-electron chi connectivity index (χ0n) is 15.1. The summed E-state index contributed by atoms with van der Waals surface area (Å²) in [4.78, 5) is 12.4. The average molecular weight is 322 g/mol. The third-order valence-corrected chi connectivity index (χ3v) is 5.17. The molecule has 0 saturated heterocycles. The SMILES string of the molecule is COc1ccc(CC(=O)C2(C)CC2)cc1-c1ccccc1C(C)C. The third kappa shape index (κ3) is 3.24. The number of hydrogen-bond donors (Lipinski definition) is 0. The standard InChI is InChI=1S/C22H26O2/c1-15(2)17-7-5-6-8-18(17)19-13-16(9-10-20(19)24-4)14-21(23)22(3)11-12-22/h5-10,13,15H,11-12,14H2,1-4H3. The first-order chi connectivity index (χ1) is 11.4. The third-order valence-electron chi connectivity index (χ3n) is 5.17. The molecule has 24 heavy (non-hydrogen) atoms. The summed E-state index contributed by atoms with van der Waals surface area (Å²) < 4.78 is 5.59. The number of hydrogen-bond acceptors (Lipinski definition) is 2. The van der Waals surface area contributed by atoms with Gasteiger partial charge in [-0.1, -0.05) is 51.1 Å². The fourth-order valence-electron chi connectivity index (χ4n) is 3.19. The van der Waals surface area contributed by atoms with E-state index >= 15 is 0 Å². The highest BCUT2D eigenvalue weighted by Gasteiger charge is 2.43. The van der Waals surface area contributed by atoms with E-state index in [4.69, 9.17) is 4.74 Å². The van der Waals surface area contributed by atoms with Crippen molar-refractivity contribution in [1.82, 2.24) is 0 Å². The van der Waals surface area contributed by atoms with E-state index in [0.717, 1.165) is 29.7 Å². The van der Waals surface area contributed by atoms with Gasteiger partial charge < -0.3 is 4.74 Å². The van der Waals surface area contributed by atoms with Crippen LogP contribution in [0, 0.1) is 5.41 Å². The van der Waals surface area contributed by atoms with Crippen LogP contribution < -0.4 is 4.74 Å². The molecule has 3 rings (SSSR count). The van der Waals surface area contributed by atoms with E-state index < -0.39 is 0 Å². The second-order valence-electron chi connectivity index (χ2n) is 7.44. The Kier molecular flexibility index (Phi) is 4.49. The van der Waals surface area contributed by atoms with Crippen molar-refractivity contribution in [1.29, 1.82) is 0 Å². The molecular formula is C22H26O2. The Bertz CT molecular complexity index is 754. The number of Topliss-reactive ketones (excluding diaryl/α,β-unsaturated/α-hetero) is 1. The molecule has 0 amide bonds. The van der Waals surface area contributed by atoms with E-state index in [2.05, 4.69) is 51.1 Å². The molecule has 2 nitrogen and oxygen atoms in total. The smallest absolute Gasteiger partial charge is 0.143 e. The minimum atomic E-state index is -0.0735. The van der Waals surface area contributed by atoms with Crippen LogP contribution >= 0.6 is 0 Å². The Morgan fingerprint density at radius 1 is 1.12 bits per heavy atom. The van der Waals surface area contributed by atoms with Crippen molar-refractivity contribution in [2.45, 2.75) is 46.0 Å². The lowest BCUT2D eigenvalue weighted by molar-refractivity contribution is -0.122. The van der Waals surface area contributed by atoms with Gasteiger partial charge >= 0.3 is 0 Å². The summed E-state index contributed by atoms with van der Waals surface area (Å²) in [7, 11) is 1.70. The summed E-state index contributed by atoms with van der Waals surface area (Å²) in [6, 6.07) is 14.6. The molecule has 0 aliphatic heterocycles. The van der Waals surface area contributed by atoms with Gasteiger partial charge in [-0.2, -0.15) is 0 Å². The highest BCUT2D eigenvalue weighted by Crippen LogP contribution is 2.46. The second-order valence-corrected chi connectivity index (χ2v) is 7.44. The van der Waals surface area contributed by atoms with Gasteiger partial charge in [0, 0.05) is 17.4 Å². The molecule has 2 aromatic rings. The lowest BCUT2D eigenvalue weighted by Crippen LogP contribution is -2.14. The topological polar surface area (TPSA) is 26.3 Å². The first kappa shape index (κ1) is 16.8. The van der Waals surface area contributed by atoms with E-state index in [1.165, 1.54) is 11.1 Å². The van der Waals surface area contributed by atoms with Gasteiger partial charge in [-0.25, -0.2) is 0 Å². The van der Waals surface area contributed by atoms with Gasteiger partial charge in [0.25, 0.3) is 0 Å². The van der Waals surface area contributed by atoms with Crippen LogP contribution in [0.1, 0.15) is 50.7 Å². The van der Waals surface area contributed by atoms with Crippen molar-refractivity contribution in [3.63, 3.8) is 0 Å². The second kappa shape index (κ2) is 6.43. The highest BCUT2D eigenvalue weighted by atomic mass is 16.5. The minimum absolute atomic E-state index is 0.0735. The van der Waals surface area contributed by atoms with E-state index in [0.29, 0.717) is 18.1 Å². The van der Waals surface area contributed by atoms with Crippen molar-refractivity contribution in [2.75, 3.05) is 7.11 Å². The van der Waals surface area contributed by atoms with Gasteiger partial charge in [-0.3, -0.25) is 4.79 Å². The molecule has 1 aliphatic carbocycles. The van der Waals surface area contributed by atoms with E-state index in [1.54, 1.807) is 7.11 Å². The molecule has 2 heteroatoms. The fraction of sp³-hybridized carbons (Fsp3) is 0.409. The lowest BCUT2D eigenvalue weighted by atomic mass is 9.90. The molecule has 0 radical (unpaired) electrons. The Hall–Kier alpha value is -2.09. The van der Waals surface area contributed by atoms with Crippen LogP contribution in [0.3, 0.4) is 0 Å². The summed E-state index contributed by atoms with van der Waals surface area (Å²) >= 11 is 0. The van der Waals surface area contributed by atoms with Crippen molar-refractivity contribution < 1.29 is 9.53 Å². The Morgan fingerprint density at radius 3 is 2.46 bits per heavy atom. The molecular weight excluding hydrogens is 296 g/mol. The number of ketones is 1. The maximum absolute atomic E-state index is 12.4. The summed E-state index contributed by atoms with van der Waals surface area (Å²) in [5.41, 5.74) is 4.57. The van der Waals surface area contributed by atoms with Crippen LogP contribution in [0.2, 0.25) is 0 Å². The molecule has 1 aliphatic rings. The molecule has 0 aromatic heterocycles. The maximum atomic E-state index is 12.4. The van der Waals surface area contributed by atoms with Crippen LogP contribution in [-0.4, -0.2) is 12.9 Å². The van der Waals surface area contributed by atoms with Crippen molar-refractivity contribution in [2.24, 2.45) is 5.41 Å². The quantitative estimate of drug-likeness (QED) is 0.712. The van der Waals surface area contributed by atoms with Gasteiger partial charge in [0.05, 0.1) is 7.11 Å². The number of carbonyl (C=O) groups is 1. The largest absolute Gasteiger partial charge is 0.496 e. The van der Waals surface area contributed by atoms with E-state index in [-0.39, 0.29) is 5.41 Å². The molecule has 0 atom stereocenters. The van der Waals surface area contributed by atoms with Crippen molar-refractivity contribution in [3.05, 3.63) is 53.6 Å². The van der Waals surface area contributed by atoms with Crippen molar-refractivity contribution >= 4 is 5.78 Å². The lowest BCUT2D eigenvalue weighted by Gasteiger charge is -2.17. The number of methoxy groups -OCH3 is 1. The summed E-state index contributed by atoms with van der Waals surface area (Å²) in [6.07, 6.45) is 2.58. The monoisotopic (exact) mass is 322 g/mol. The number of carbonyl (C=O) groups excluding carboxylic acids is 1. The molecule has 1 fully saturated rings. The maximum Gasteiger partial charge on any atom is 0.143 e. The van der Waals surface area contributed by atoms with Gasteiger partial charge in [-0.15, -0.1) is 0 Å². The van der Waals surface area contributed by atoms with Gasteiger partial charge in [0.15, 0.2) is 0 Å². The number of rotatable bonds is 6. The minimum Gasteiger partial charge on any atom is -0.496 e. The predicted molar refractivity (Wildman–Crippen MR) is 98.6 cm³/mol. The first-order valence-corrected chi connectivity index (χ1v) is 8.74. The Morgan fingerprint density at radius 2 is 1.83 bits per heavy atom. The highest BCUT2D eigenvalue weighted by molar-refractivity contribution is 5.89. The predicted octanol–water partition coefficient (Wildman–Crippen LogP) is 5.40. The molecule has 2 aromatic carbocycles. The van der Waals surface area contributed by atoms with Crippen LogP contribution in [0.15, 0.2) is 42.5 Å². The van der Waals surface area contributed by atoms with Crippen LogP contribution in [0.5, 0.6) is 5.75 Å². The molecule has 126 valence electrons. The van der Waals surface area contributed by atoms with E-state index in [9.17, 15) is 4.79 Å². The van der Waals surface area contributed by atoms with Gasteiger partial charge in [0.2, 0.25) is 0 Å². The summed E-state index contributed by atoms with van der Waals surface area (Å²) in [5, 5.41) is 0. The number of ether oxygens (including phenoxy) is 1. The molecule has 0 unspecified atom stereocenters. The normalized spacial score (nSPS) is 15.4. The van der Waals surface area contributed by atoms with Crippen LogP contribution in [0.25, 0.3) is 11.1 Å². The average Bonchev–Trinajstić information content (AvgIpc) is 3.34. The zero-order chi connectivity index (χ0) is 17.3. The molecule has 0 heterocycles. The summed E-state index contributed by atoms with van der Waals surface area (Å²) in [5.74, 6) is 1.65. The van der Waals surface area contributed by atoms with Crippen molar-refractivity contribution in [3.8, 4) is 16.9 Å². The Balaban J connectivity index is 2.00. The molecule has 0 spiro atoms. The van der Waals surface area contributed by atoms with Gasteiger partial charge in [-0.05, 0) is 47.6 Å². The fourth-order valence-corrected chi connectivity index (χ4v) is 3.19. The molecule has 1 saturated carbocycles.